The van der Waals surface area contributed by atoms with Gasteiger partial charge in [-0.3, -0.25) is 9.59 Å². The molecule has 2 aromatic carbocycles. The van der Waals surface area contributed by atoms with E-state index in [9.17, 15) is 9.59 Å². The van der Waals surface area contributed by atoms with Gasteiger partial charge >= 0.3 is 0 Å². The maximum absolute atomic E-state index is 12.8. The van der Waals surface area contributed by atoms with Crippen molar-refractivity contribution in [2.75, 3.05) is 5.32 Å². The molecule has 0 bridgehead atoms. The SMILES string of the molecule is CC(C)(C(=O)Nc1ccc(Cn2ccccc2=O)cc1)c1ccc(Cl)cc1. The molecule has 0 saturated heterocycles. The van der Waals surface area contributed by atoms with E-state index in [0.29, 0.717) is 17.3 Å². The number of aromatic nitrogens is 1. The van der Waals surface area contributed by atoms with Crippen molar-refractivity contribution in [3.05, 3.63) is 99.4 Å². The summed E-state index contributed by atoms with van der Waals surface area (Å²) in [6.45, 7) is 4.24. The van der Waals surface area contributed by atoms with Crippen LogP contribution in [0.4, 0.5) is 5.69 Å². The molecule has 0 aliphatic heterocycles. The topological polar surface area (TPSA) is 51.1 Å². The van der Waals surface area contributed by atoms with Crippen LogP contribution in [0.1, 0.15) is 25.0 Å². The number of rotatable bonds is 5. The zero-order chi connectivity index (χ0) is 19.4. The maximum atomic E-state index is 12.8. The lowest BCUT2D eigenvalue weighted by Gasteiger charge is -2.24. The number of carbonyl (C=O) groups is 1. The third-order valence-electron chi connectivity index (χ3n) is 4.60. The van der Waals surface area contributed by atoms with Crippen LogP contribution in [-0.4, -0.2) is 10.5 Å². The van der Waals surface area contributed by atoms with E-state index in [4.69, 9.17) is 11.6 Å². The van der Waals surface area contributed by atoms with Crippen molar-refractivity contribution in [3.8, 4) is 0 Å². The minimum Gasteiger partial charge on any atom is -0.325 e. The normalized spacial score (nSPS) is 11.2. The first-order chi connectivity index (χ1) is 12.9. The number of hydrogen-bond donors (Lipinski definition) is 1. The van der Waals surface area contributed by atoms with E-state index >= 15 is 0 Å². The Morgan fingerprint density at radius 1 is 1.00 bits per heavy atom. The molecule has 3 rings (SSSR count). The Morgan fingerprint density at radius 3 is 2.30 bits per heavy atom. The third kappa shape index (κ3) is 4.47. The number of carbonyl (C=O) groups excluding carboxylic acids is 1. The Kier molecular flexibility index (Phi) is 5.47. The van der Waals surface area contributed by atoms with Gasteiger partial charge in [0.2, 0.25) is 5.91 Å². The van der Waals surface area contributed by atoms with E-state index in [-0.39, 0.29) is 11.5 Å². The summed E-state index contributed by atoms with van der Waals surface area (Å²) in [6.07, 6.45) is 1.76. The number of nitrogens with zero attached hydrogens (tertiary/aromatic N) is 1. The molecule has 1 aromatic heterocycles. The zero-order valence-corrected chi connectivity index (χ0v) is 16.0. The molecule has 0 atom stereocenters. The van der Waals surface area contributed by atoms with Crippen LogP contribution >= 0.6 is 11.6 Å². The highest BCUT2D eigenvalue weighted by Gasteiger charge is 2.29. The molecule has 0 unspecified atom stereocenters. The number of benzene rings is 2. The van der Waals surface area contributed by atoms with Crippen molar-refractivity contribution in [2.45, 2.75) is 25.8 Å². The van der Waals surface area contributed by atoms with E-state index in [1.807, 2.05) is 56.3 Å². The third-order valence-corrected chi connectivity index (χ3v) is 4.85. The number of pyridine rings is 1. The minimum absolute atomic E-state index is 0.0420. The van der Waals surface area contributed by atoms with Crippen LogP contribution in [0.15, 0.2) is 77.7 Å². The van der Waals surface area contributed by atoms with Crippen LogP contribution in [0, 0.1) is 0 Å². The fourth-order valence-electron chi connectivity index (χ4n) is 2.77. The summed E-state index contributed by atoms with van der Waals surface area (Å²) in [5.74, 6) is -0.100. The van der Waals surface area contributed by atoms with Crippen molar-refractivity contribution in [2.24, 2.45) is 0 Å². The van der Waals surface area contributed by atoms with Gasteiger partial charge in [-0.15, -0.1) is 0 Å². The lowest BCUT2D eigenvalue weighted by atomic mass is 9.83. The number of amides is 1. The Balaban J connectivity index is 1.70. The number of hydrogen-bond acceptors (Lipinski definition) is 2. The van der Waals surface area contributed by atoms with Crippen LogP contribution in [0.25, 0.3) is 0 Å². The van der Waals surface area contributed by atoms with E-state index in [1.165, 1.54) is 6.07 Å². The molecule has 0 aliphatic rings. The van der Waals surface area contributed by atoms with Crippen LogP contribution in [0.3, 0.4) is 0 Å². The van der Waals surface area contributed by atoms with E-state index < -0.39 is 5.41 Å². The molecular weight excluding hydrogens is 360 g/mol. The molecule has 1 heterocycles. The fraction of sp³-hybridized carbons (Fsp3) is 0.182. The highest BCUT2D eigenvalue weighted by molar-refractivity contribution is 6.30. The van der Waals surface area contributed by atoms with Gasteiger partial charge in [0, 0.05) is 23.0 Å². The van der Waals surface area contributed by atoms with Gasteiger partial charge in [0.25, 0.3) is 5.56 Å². The van der Waals surface area contributed by atoms with Crippen LogP contribution in [0.5, 0.6) is 0 Å². The zero-order valence-electron chi connectivity index (χ0n) is 15.3. The lowest BCUT2D eigenvalue weighted by Crippen LogP contribution is -2.34. The molecule has 27 heavy (non-hydrogen) atoms. The quantitative estimate of drug-likeness (QED) is 0.710. The average Bonchev–Trinajstić information content (AvgIpc) is 2.65. The molecule has 0 fully saturated rings. The Hall–Kier alpha value is -2.85. The lowest BCUT2D eigenvalue weighted by molar-refractivity contribution is -0.120. The van der Waals surface area contributed by atoms with Crippen LogP contribution in [0.2, 0.25) is 5.02 Å². The van der Waals surface area contributed by atoms with E-state index in [0.717, 1.165) is 11.1 Å². The van der Waals surface area contributed by atoms with Crippen molar-refractivity contribution in [3.63, 3.8) is 0 Å². The summed E-state index contributed by atoms with van der Waals surface area (Å²) >= 11 is 5.93. The van der Waals surface area contributed by atoms with Gasteiger partial charge in [0.05, 0.1) is 12.0 Å². The van der Waals surface area contributed by atoms with Crippen molar-refractivity contribution < 1.29 is 4.79 Å². The number of halogens is 1. The molecule has 0 radical (unpaired) electrons. The molecule has 1 amide bonds. The summed E-state index contributed by atoms with van der Waals surface area (Å²) in [6, 6.07) is 19.9. The molecular formula is C22H21ClN2O2. The first kappa shape index (κ1) is 18.9. The van der Waals surface area contributed by atoms with Gasteiger partial charge in [-0.05, 0) is 55.3 Å². The average molecular weight is 381 g/mol. The molecule has 1 N–H and O–H groups in total. The molecule has 3 aromatic rings. The largest absolute Gasteiger partial charge is 0.325 e. The second-order valence-electron chi connectivity index (χ2n) is 6.95. The Labute approximate surface area is 163 Å². The van der Waals surface area contributed by atoms with Crippen molar-refractivity contribution in [1.82, 2.24) is 4.57 Å². The number of nitrogens with one attached hydrogen (secondary N) is 1. The summed E-state index contributed by atoms with van der Waals surface area (Å²) in [5.41, 5.74) is 1.86. The summed E-state index contributed by atoms with van der Waals surface area (Å²) in [5, 5.41) is 3.60. The van der Waals surface area contributed by atoms with Crippen molar-refractivity contribution >= 4 is 23.2 Å². The predicted molar refractivity (Wildman–Crippen MR) is 109 cm³/mol. The monoisotopic (exact) mass is 380 g/mol. The first-order valence-corrected chi connectivity index (χ1v) is 9.06. The Morgan fingerprint density at radius 2 is 1.67 bits per heavy atom. The summed E-state index contributed by atoms with van der Waals surface area (Å²) < 4.78 is 1.64. The standard InChI is InChI=1S/C22H21ClN2O2/c1-22(2,17-8-10-18(23)11-9-17)21(27)24-19-12-6-16(7-13-19)15-25-14-4-3-5-20(25)26/h3-14H,15H2,1-2H3,(H,24,27). The highest BCUT2D eigenvalue weighted by Crippen LogP contribution is 2.26. The van der Waals surface area contributed by atoms with Gasteiger partial charge in [0.15, 0.2) is 0 Å². The minimum atomic E-state index is -0.694. The van der Waals surface area contributed by atoms with Gasteiger partial charge in [0.1, 0.15) is 0 Å². The second-order valence-corrected chi connectivity index (χ2v) is 7.39. The van der Waals surface area contributed by atoms with Gasteiger partial charge in [-0.1, -0.05) is 41.9 Å². The van der Waals surface area contributed by atoms with Gasteiger partial charge in [-0.25, -0.2) is 0 Å². The fourth-order valence-corrected chi connectivity index (χ4v) is 2.89. The van der Waals surface area contributed by atoms with Crippen LogP contribution < -0.4 is 10.9 Å². The smallest absolute Gasteiger partial charge is 0.250 e. The second kappa shape index (κ2) is 7.80. The van der Waals surface area contributed by atoms with Gasteiger partial charge in [-0.2, -0.15) is 0 Å². The molecule has 0 aliphatic carbocycles. The molecule has 138 valence electrons. The molecule has 4 nitrogen and oxygen atoms in total. The summed E-state index contributed by atoms with van der Waals surface area (Å²) in [4.78, 5) is 24.6. The maximum Gasteiger partial charge on any atom is 0.250 e. The molecule has 5 heteroatoms. The summed E-state index contributed by atoms with van der Waals surface area (Å²) in [7, 11) is 0. The van der Waals surface area contributed by atoms with Crippen LogP contribution in [-0.2, 0) is 16.8 Å². The molecule has 0 spiro atoms. The predicted octanol–water partition coefficient (Wildman–Crippen LogP) is 4.47. The highest BCUT2D eigenvalue weighted by atomic mass is 35.5. The first-order valence-electron chi connectivity index (χ1n) is 8.68. The van der Waals surface area contributed by atoms with E-state index in [2.05, 4.69) is 5.32 Å². The van der Waals surface area contributed by atoms with Crippen molar-refractivity contribution in [1.29, 1.82) is 0 Å². The Bertz CT molecular complexity index is 990. The number of anilines is 1. The van der Waals surface area contributed by atoms with Gasteiger partial charge < -0.3 is 9.88 Å². The molecule has 0 saturated carbocycles. The van der Waals surface area contributed by atoms with E-state index in [1.54, 1.807) is 29.0 Å².